The Kier molecular flexibility index (Phi) is 19.0. The first-order valence-corrected chi connectivity index (χ1v) is 13.1. The Bertz CT molecular complexity index is 707. The number of hydrogen-bond acceptors (Lipinski definition) is 9. The maximum atomic E-state index is 12.5. The molecule has 0 aromatic heterocycles. The van der Waals surface area contributed by atoms with Crippen LogP contribution >= 0.6 is 11.8 Å². The van der Waals surface area contributed by atoms with Crippen molar-refractivity contribution in [3.8, 4) is 0 Å². The van der Waals surface area contributed by atoms with Crippen LogP contribution in [-0.4, -0.2) is 98.6 Å². The monoisotopic (exact) mass is 529 g/mol. The largest absolute Gasteiger partial charge is 0.481 e. The van der Waals surface area contributed by atoms with Gasteiger partial charge in [0.05, 0.1) is 37.8 Å². The van der Waals surface area contributed by atoms with Gasteiger partial charge in [-0.2, -0.15) is 11.8 Å². The fraction of sp³-hybridized carbons (Fsp3) is 0.708. The molecule has 0 rings (SSSR count). The second-order valence-corrected chi connectivity index (χ2v) is 8.95. The Morgan fingerprint density at radius 2 is 1.61 bits per heavy atom. The SMILES string of the molecule is [CH][C@H](CC(=O)[C@H](CNC(=O)CCOCCOCCC)NC)C(=O)N[C@@H]([CH])C(=O)CC(CSC)C(=O)O. The van der Waals surface area contributed by atoms with Crippen molar-refractivity contribution >= 4 is 41.1 Å². The van der Waals surface area contributed by atoms with Gasteiger partial charge in [-0.05, 0) is 33.6 Å². The van der Waals surface area contributed by atoms with E-state index in [1.54, 1.807) is 6.26 Å². The molecule has 0 fully saturated rings. The minimum Gasteiger partial charge on any atom is -0.481 e. The molecular formula is C24H39N3O8S. The number of ketones is 2. The van der Waals surface area contributed by atoms with E-state index in [1.807, 2.05) is 6.92 Å². The lowest BCUT2D eigenvalue weighted by Crippen LogP contribution is -2.47. The summed E-state index contributed by atoms with van der Waals surface area (Å²) in [7, 11) is 1.53. The molecule has 0 heterocycles. The van der Waals surface area contributed by atoms with Crippen LogP contribution in [0.15, 0.2) is 0 Å². The van der Waals surface area contributed by atoms with Crippen LogP contribution in [-0.2, 0) is 33.4 Å². The minimum atomic E-state index is -1.44. The van der Waals surface area contributed by atoms with Crippen molar-refractivity contribution in [2.75, 3.05) is 52.0 Å². The van der Waals surface area contributed by atoms with E-state index >= 15 is 0 Å². The molecule has 36 heavy (non-hydrogen) atoms. The summed E-state index contributed by atoms with van der Waals surface area (Å²) in [5.41, 5.74) is 0. The van der Waals surface area contributed by atoms with Gasteiger partial charge >= 0.3 is 5.97 Å². The number of carboxylic acids is 1. The zero-order chi connectivity index (χ0) is 27.5. The van der Waals surface area contributed by atoms with E-state index in [9.17, 15) is 24.0 Å². The molecule has 1 unspecified atom stereocenters. The Morgan fingerprint density at radius 1 is 0.972 bits per heavy atom. The van der Waals surface area contributed by atoms with E-state index in [1.165, 1.54) is 18.8 Å². The number of carbonyl (C=O) groups is 5. The van der Waals surface area contributed by atoms with Crippen molar-refractivity contribution in [2.45, 2.75) is 44.7 Å². The van der Waals surface area contributed by atoms with Gasteiger partial charge < -0.3 is 30.5 Å². The Morgan fingerprint density at radius 3 is 2.17 bits per heavy atom. The number of ether oxygens (including phenoxy) is 2. The first-order chi connectivity index (χ1) is 17.1. The maximum Gasteiger partial charge on any atom is 0.307 e. The number of Topliss-reactive ketones (excluding diaryl/α,β-unsaturated/α-hetero) is 2. The summed E-state index contributed by atoms with van der Waals surface area (Å²) < 4.78 is 10.6. The topological polar surface area (TPSA) is 160 Å². The first kappa shape index (κ1) is 34.0. The van der Waals surface area contributed by atoms with Crippen LogP contribution in [0.5, 0.6) is 0 Å². The second-order valence-electron chi connectivity index (χ2n) is 8.04. The predicted octanol–water partition coefficient (Wildman–Crippen LogP) is 0.0293. The number of hydrogen-bond donors (Lipinski definition) is 4. The molecule has 0 aliphatic heterocycles. The zero-order valence-electron chi connectivity index (χ0n) is 21.2. The predicted molar refractivity (Wildman–Crippen MR) is 135 cm³/mol. The molecule has 2 amide bonds. The van der Waals surface area contributed by atoms with Gasteiger partial charge in [0.15, 0.2) is 11.6 Å². The number of thioether (sulfide) groups is 1. The highest BCUT2D eigenvalue weighted by molar-refractivity contribution is 7.98. The summed E-state index contributed by atoms with van der Waals surface area (Å²) in [6.07, 6.45) is 2.04. The van der Waals surface area contributed by atoms with Gasteiger partial charge in [-0.15, -0.1) is 0 Å². The van der Waals surface area contributed by atoms with Crippen LogP contribution in [0.3, 0.4) is 0 Å². The summed E-state index contributed by atoms with van der Waals surface area (Å²) in [6, 6.07) is -2.23. The van der Waals surface area contributed by atoms with E-state index in [2.05, 4.69) is 16.0 Å². The highest BCUT2D eigenvalue weighted by atomic mass is 32.2. The van der Waals surface area contributed by atoms with Crippen molar-refractivity contribution in [3.05, 3.63) is 13.8 Å². The number of carbonyl (C=O) groups excluding carboxylic acids is 4. The van der Waals surface area contributed by atoms with E-state index in [0.29, 0.717) is 19.8 Å². The third kappa shape index (κ3) is 15.2. The molecule has 0 saturated heterocycles. The van der Waals surface area contributed by atoms with Gasteiger partial charge in [0.1, 0.15) is 0 Å². The molecule has 204 valence electrons. The summed E-state index contributed by atoms with van der Waals surface area (Å²) in [5.74, 6) is -5.32. The molecule has 0 aromatic rings. The number of likely N-dealkylation sites (N-methyl/N-ethyl adjacent to an activating group) is 1. The van der Waals surface area contributed by atoms with Crippen LogP contribution in [0.25, 0.3) is 0 Å². The summed E-state index contributed by atoms with van der Waals surface area (Å²) >= 11 is 1.27. The van der Waals surface area contributed by atoms with Crippen LogP contribution in [0.1, 0.15) is 32.6 Å². The summed E-state index contributed by atoms with van der Waals surface area (Å²) in [6.45, 7) is 15.2. The fourth-order valence-electron chi connectivity index (χ4n) is 2.89. The van der Waals surface area contributed by atoms with E-state index < -0.39 is 47.4 Å². The van der Waals surface area contributed by atoms with Gasteiger partial charge in [0, 0.05) is 44.1 Å². The highest BCUT2D eigenvalue weighted by Gasteiger charge is 2.28. The van der Waals surface area contributed by atoms with Crippen molar-refractivity contribution in [2.24, 2.45) is 11.8 Å². The lowest BCUT2D eigenvalue weighted by Gasteiger charge is -2.20. The standard InChI is InChI=1S/C24H39N3O8S/c1-6-8-34-10-11-35-9-7-22(30)26-14-19(25-4)21(29)12-16(2)23(31)27-17(3)20(28)13-18(15-36-5)24(32)33/h2-3,16-19,25H,6-15H2,1,4-5H3,(H,26,30)(H,27,31)(H,32,33)/t16-,17+,18?,19+/m1/s1. The van der Waals surface area contributed by atoms with Gasteiger partial charge in [0.2, 0.25) is 11.8 Å². The zero-order valence-corrected chi connectivity index (χ0v) is 22.1. The molecule has 4 atom stereocenters. The molecule has 11 nitrogen and oxygen atoms in total. The van der Waals surface area contributed by atoms with Gasteiger partial charge in [0.25, 0.3) is 0 Å². The van der Waals surface area contributed by atoms with E-state index in [-0.39, 0.29) is 44.1 Å². The third-order valence-corrected chi connectivity index (χ3v) is 5.74. The normalized spacial score (nSPS) is 14.4. The lowest BCUT2D eigenvalue weighted by molar-refractivity contribution is -0.143. The van der Waals surface area contributed by atoms with E-state index in [0.717, 1.165) is 6.42 Å². The lowest BCUT2D eigenvalue weighted by atomic mass is 9.97. The van der Waals surface area contributed by atoms with Crippen molar-refractivity contribution < 1.29 is 38.6 Å². The molecule has 0 saturated carbocycles. The van der Waals surface area contributed by atoms with Crippen molar-refractivity contribution in [3.63, 3.8) is 0 Å². The molecule has 0 bridgehead atoms. The number of nitrogens with one attached hydrogen (secondary N) is 3. The highest BCUT2D eigenvalue weighted by Crippen LogP contribution is 2.13. The van der Waals surface area contributed by atoms with Gasteiger partial charge in [-0.1, -0.05) is 6.92 Å². The molecule has 4 N–H and O–H groups in total. The minimum absolute atomic E-state index is 0.00780. The number of amides is 2. The van der Waals surface area contributed by atoms with Crippen LogP contribution in [0.4, 0.5) is 0 Å². The average molecular weight is 530 g/mol. The van der Waals surface area contributed by atoms with Crippen LogP contribution in [0.2, 0.25) is 0 Å². The second kappa shape index (κ2) is 20.1. The first-order valence-electron chi connectivity index (χ1n) is 11.7. The number of aliphatic carboxylic acids is 1. The molecular weight excluding hydrogens is 490 g/mol. The van der Waals surface area contributed by atoms with Gasteiger partial charge in [-0.3, -0.25) is 24.0 Å². The molecule has 0 aliphatic carbocycles. The Hall–Kier alpha value is -2.02. The Balaban J connectivity index is 4.45. The molecule has 0 spiro atoms. The third-order valence-electron chi connectivity index (χ3n) is 5.00. The average Bonchev–Trinajstić information content (AvgIpc) is 2.83. The van der Waals surface area contributed by atoms with Crippen molar-refractivity contribution in [1.82, 2.24) is 16.0 Å². The molecule has 0 aromatic carbocycles. The van der Waals surface area contributed by atoms with Gasteiger partial charge in [-0.25, -0.2) is 0 Å². The molecule has 4 radical (unpaired) electrons. The van der Waals surface area contributed by atoms with Crippen molar-refractivity contribution in [1.29, 1.82) is 0 Å². The van der Waals surface area contributed by atoms with Crippen LogP contribution < -0.4 is 16.0 Å². The van der Waals surface area contributed by atoms with Crippen LogP contribution in [0, 0.1) is 25.7 Å². The number of rotatable bonds is 22. The molecule has 12 heteroatoms. The van der Waals surface area contributed by atoms with E-state index in [4.69, 9.17) is 28.4 Å². The quantitative estimate of drug-likeness (QED) is 0.141. The maximum absolute atomic E-state index is 12.5. The number of carboxylic acid groups (broad SMARTS) is 1. The fourth-order valence-corrected chi connectivity index (χ4v) is 3.56. The summed E-state index contributed by atoms with van der Waals surface area (Å²) in [4.78, 5) is 60.2. The molecule has 0 aliphatic rings. The Labute approximate surface area is 218 Å². The summed E-state index contributed by atoms with van der Waals surface area (Å²) in [5, 5.41) is 16.8. The smallest absolute Gasteiger partial charge is 0.307 e.